The minimum atomic E-state index is -0.132. The summed E-state index contributed by atoms with van der Waals surface area (Å²) in [6.07, 6.45) is 5.25. The number of ketones is 1. The number of carbonyl (C=O) groups is 2. The fourth-order valence-corrected chi connectivity index (χ4v) is 3.52. The summed E-state index contributed by atoms with van der Waals surface area (Å²) in [5.41, 5.74) is 0.583. The van der Waals surface area contributed by atoms with Crippen LogP contribution >= 0.6 is 11.3 Å². The molecule has 20 heavy (non-hydrogen) atoms. The normalized spacial score (nSPS) is 23.1. The van der Waals surface area contributed by atoms with E-state index in [1.165, 1.54) is 18.3 Å². The topological polar surface area (TPSA) is 66.4 Å². The summed E-state index contributed by atoms with van der Waals surface area (Å²) in [6, 6.07) is 1.69. The summed E-state index contributed by atoms with van der Waals surface area (Å²) in [4.78, 5) is 24.1. The van der Waals surface area contributed by atoms with Crippen LogP contribution in [0.15, 0.2) is 11.4 Å². The minimum Gasteiger partial charge on any atom is -0.396 e. The predicted molar refractivity (Wildman–Crippen MR) is 79.2 cm³/mol. The zero-order valence-corrected chi connectivity index (χ0v) is 12.5. The largest absolute Gasteiger partial charge is 0.396 e. The molecule has 0 saturated heterocycles. The summed E-state index contributed by atoms with van der Waals surface area (Å²) in [6.45, 7) is 1.62. The molecule has 2 atom stereocenters. The van der Waals surface area contributed by atoms with Crippen LogP contribution in [0.3, 0.4) is 0 Å². The van der Waals surface area contributed by atoms with Crippen molar-refractivity contribution in [3.63, 3.8) is 0 Å². The molecule has 1 amide bonds. The molecular formula is C15H21NO3S. The van der Waals surface area contributed by atoms with Crippen LogP contribution in [0.1, 0.15) is 59.1 Å². The van der Waals surface area contributed by atoms with Crippen molar-refractivity contribution in [3.05, 3.63) is 21.9 Å². The maximum absolute atomic E-state index is 12.2. The predicted octanol–water partition coefficient (Wildman–Crippen LogP) is 2.62. The second kappa shape index (κ2) is 6.99. The summed E-state index contributed by atoms with van der Waals surface area (Å²) in [5.74, 6) is -0.00968. The zero-order chi connectivity index (χ0) is 14.5. The van der Waals surface area contributed by atoms with Crippen LogP contribution in [0.5, 0.6) is 0 Å². The smallest absolute Gasteiger partial charge is 0.261 e. The highest BCUT2D eigenvalue weighted by Crippen LogP contribution is 2.24. The van der Waals surface area contributed by atoms with Crippen molar-refractivity contribution in [1.29, 1.82) is 0 Å². The van der Waals surface area contributed by atoms with Gasteiger partial charge in [-0.25, -0.2) is 0 Å². The summed E-state index contributed by atoms with van der Waals surface area (Å²) < 4.78 is 0. The molecule has 0 spiro atoms. The minimum absolute atomic E-state index is 0.0250. The van der Waals surface area contributed by atoms with Gasteiger partial charge < -0.3 is 10.4 Å². The molecule has 0 radical (unpaired) electrons. The van der Waals surface area contributed by atoms with Gasteiger partial charge in [0, 0.05) is 29.5 Å². The first kappa shape index (κ1) is 15.2. The van der Waals surface area contributed by atoms with Crippen LogP contribution in [0, 0.1) is 5.92 Å². The van der Waals surface area contributed by atoms with E-state index in [4.69, 9.17) is 0 Å². The average molecular weight is 295 g/mol. The van der Waals surface area contributed by atoms with Gasteiger partial charge in [0.1, 0.15) is 0 Å². The Hall–Kier alpha value is -1.20. The van der Waals surface area contributed by atoms with Crippen molar-refractivity contribution in [1.82, 2.24) is 5.32 Å². The third-order valence-electron chi connectivity index (χ3n) is 3.94. The molecule has 0 bridgehead atoms. The van der Waals surface area contributed by atoms with Crippen LogP contribution in [0.25, 0.3) is 0 Å². The van der Waals surface area contributed by atoms with Gasteiger partial charge in [-0.15, -0.1) is 11.3 Å². The molecular weight excluding hydrogens is 274 g/mol. The number of thiophene rings is 1. The molecule has 4 nitrogen and oxygen atoms in total. The Kier molecular flexibility index (Phi) is 5.31. The van der Waals surface area contributed by atoms with Crippen molar-refractivity contribution < 1.29 is 14.7 Å². The Morgan fingerprint density at radius 1 is 1.35 bits per heavy atom. The van der Waals surface area contributed by atoms with Crippen LogP contribution in [-0.4, -0.2) is 29.4 Å². The summed E-state index contributed by atoms with van der Waals surface area (Å²) >= 11 is 1.29. The molecule has 1 aliphatic carbocycles. The summed E-state index contributed by atoms with van der Waals surface area (Å²) in [5, 5.41) is 14.2. The van der Waals surface area contributed by atoms with E-state index in [-0.39, 0.29) is 30.3 Å². The number of Topliss-reactive ketones (excluding diaryl/α,β-unsaturated/α-hetero) is 1. The van der Waals surface area contributed by atoms with Gasteiger partial charge in [-0.3, -0.25) is 9.59 Å². The van der Waals surface area contributed by atoms with Crippen LogP contribution < -0.4 is 5.32 Å². The molecule has 0 aromatic carbocycles. The molecule has 1 fully saturated rings. The fraction of sp³-hybridized carbons (Fsp3) is 0.600. The van der Waals surface area contributed by atoms with Gasteiger partial charge in [0.25, 0.3) is 5.91 Å². The first-order valence-electron chi connectivity index (χ1n) is 7.13. The Morgan fingerprint density at radius 2 is 2.10 bits per heavy atom. The van der Waals surface area contributed by atoms with Crippen molar-refractivity contribution in [3.8, 4) is 0 Å². The number of amides is 1. The molecule has 2 N–H and O–H groups in total. The van der Waals surface area contributed by atoms with Gasteiger partial charge in [-0.1, -0.05) is 19.3 Å². The quantitative estimate of drug-likeness (QED) is 0.663. The fourth-order valence-electron chi connectivity index (χ4n) is 2.67. The lowest BCUT2D eigenvalue weighted by molar-refractivity contribution is 0.0903. The number of rotatable bonds is 4. The molecule has 1 saturated carbocycles. The number of hydrogen-bond donors (Lipinski definition) is 2. The Balaban J connectivity index is 2.02. The third-order valence-corrected chi connectivity index (χ3v) is 4.87. The highest BCUT2D eigenvalue weighted by Gasteiger charge is 2.25. The molecule has 2 unspecified atom stereocenters. The molecule has 0 aliphatic heterocycles. The van der Waals surface area contributed by atoms with E-state index in [0.717, 1.165) is 32.1 Å². The molecule has 1 aliphatic rings. The molecule has 5 heteroatoms. The number of hydrogen-bond acceptors (Lipinski definition) is 4. The van der Waals surface area contributed by atoms with E-state index in [0.29, 0.717) is 10.4 Å². The number of carbonyl (C=O) groups excluding carboxylic acids is 2. The molecule has 2 rings (SSSR count). The Bertz CT molecular complexity index is 483. The molecule has 1 aromatic rings. The van der Waals surface area contributed by atoms with E-state index in [2.05, 4.69) is 5.32 Å². The Morgan fingerprint density at radius 3 is 2.75 bits per heavy atom. The van der Waals surface area contributed by atoms with Crippen LogP contribution in [0.4, 0.5) is 0 Å². The van der Waals surface area contributed by atoms with Crippen molar-refractivity contribution in [2.75, 3.05) is 6.61 Å². The highest BCUT2D eigenvalue weighted by molar-refractivity contribution is 7.12. The van der Waals surface area contributed by atoms with Crippen LogP contribution in [0.2, 0.25) is 0 Å². The molecule has 1 aromatic heterocycles. The standard InChI is InChI=1S/C15H21NO3S/c1-10(18)12-7-14(20-9-12)15(19)16-13-6-4-2-3-5-11(13)8-17/h7,9,11,13,17H,2-6,8H2,1H3,(H,16,19). The van der Waals surface area contributed by atoms with Gasteiger partial charge in [-0.2, -0.15) is 0 Å². The first-order valence-corrected chi connectivity index (χ1v) is 8.01. The van der Waals surface area contributed by atoms with Gasteiger partial charge in [0.2, 0.25) is 0 Å². The lowest BCUT2D eigenvalue weighted by Crippen LogP contribution is -2.40. The van der Waals surface area contributed by atoms with E-state index in [1.807, 2.05) is 0 Å². The van der Waals surface area contributed by atoms with E-state index in [1.54, 1.807) is 11.4 Å². The highest BCUT2D eigenvalue weighted by atomic mass is 32.1. The SMILES string of the molecule is CC(=O)c1csc(C(=O)NC2CCCCCC2CO)c1. The molecule has 1 heterocycles. The zero-order valence-electron chi connectivity index (χ0n) is 11.7. The van der Waals surface area contributed by atoms with Gasteiger partial charge in [0.05, 0.1) is 4.88 Å². The number of aliphatic hydroxyl groups is 1. The van der Waals surface area contributed by atoms with Crippen molar-refractivity contribution in [2.45, 2.75) is 45.1 Å². The average Bonchev–Trinajstić information content (AvgIpc) is 2.82. The lowest BCUT2D eigenvalue weighted by Gasteiger charge is -2.24. The first-order chi connectivity index (χ1) is 9.61. The Labute approximate surface area is 123 Å². The van der Waals surface area contributed by atoms with E-state index in [9.17, 15) is 14.7 Å². The number of nitrogens with one attached hydrogen (secondary N) is 1. The second-order valence-corrected chi connectivity index (χ2v) is 6.33. The van der Waals surface area contributed by atoms with Gasteiger partial charge >= 0.3 is 0 Å². The maximum atomic E-state index is 12.2. The second-order valence-electron chi connectivity index (χ2n) is 5.42. The number of aliphatic hydroxyl groups excluding tert-OH is 1. The molecule has 110 valence electrons. The lowest BCUT2D eigenvalue weighted by atomic mass is 9.95. The summed E-state index contributed by atoms with van der Waals surface area (Å²) in [7, 11) is 0. The van der Waals surface area contributed by atoms with E-state index >= 15 is 0 Å². The maximum Gasteiger partial charge on any atom is 0.261 e. The third kappa shape index (κ3) is 3.67. The van der Waals surface area contributed by atoms with Crippen molar-refractivity contribution in [2.24, 2.45) is 5.92 Å². The van der Waals surface area contributed by atoms with E-state index < -0.39 is 0 Å². The van der Waals surface area contributed by atoms with Crippen LogP contribution in [-0.2, 0) is 0 Å². The monoisotopic (exact) mass is 295 g/mol. The van der Waals surface area contributed by atoms with Crippen molar-refractivity contribution >= 4 is 23.0 Å². The van der Waals surface area contributed by atoms with Gasteiger partial charge in [0.15, 0.2) is 5.78 Å². The van der Waals surface area contributed by atoms with Gasteiger partial charge in [-0.05, 0) is 25.8 Å².